The highest BCUT2D eigenvalue weighted by Crippen LogP contribution is 2.35. The summed E-state index contributed by atoms with van der Waals surface area (Å²) in [4.78, 5) is 23.7. The molecular formula is C16H16N4O7S2. The van der Waals surface area contributed by atoms with Gasteiger partial charge in [0.05, 0.1) is 17.3 Å². The lowest BCUT2D eigenvalue weighted by atomic mass is 10.2. The summed E-state index contributed by atoms with van der Waals surface area (Å²) in [5.74, 6) is 0.684. The van der Waals surface area contributed by atoms with Crippen LogP contribution in [0.25, 0.3) is 11.5 Å². The minimum atomic E-state index is -3.11. The number of amides is 3. The first kappa shape index (κ1) is 19.5. The molecule has 1 saturated heterocycles. The Hall–Kier alpha value is -2.80. The van der Waals surface area contributed by atoms with Gasteiger partial charge in [0, 0.05) is 11.6 Å². The number of nitrogens with one attached hydrogen (secondary N) is 2. The largest absolute Gasteiger partial charge is 0.454 e. The third-order valence-corrected chi connectivity index (χ3v) is 6.76. The van der Waals surface area contributed by atoms with Crippen LogP contribution in [0.4, 0.5) is 4.79 Å². The summed E-state index contributed by atoms with van der Waals surface area (Å²) < 4.78 is 38.8. The SMILES string of the molecule is O=C(CSc1nnc(-c2ccc3c(c2)OCO3)o1)NC(=O)N[C@H]1CCS(=O)(=O)C1. The number of hydrogen-bond acceptors (Lipinski definition) is 10. The zero-order valence-corrected chi connectivity index (χ0v) is 16.5. The second kappa shape index (κ2) is 7.91. The molecule has 0 radical (unpaired) electrons. The second-order valence-electron chi connectivity index (χ2n) is 6.35. The zero-order valence-electron chi connectivity index (χ0n) is 14.9. The smallest absolute Gasteiger partial charge is 0.321 e. The third-order valence-electron chi connectivity index (χ3n) is 4.17. The fourth-order valence-corrected chi connectivity index (χ4v) is 5.07. The van der Waals surface area contributed by atoms with Crippen molar-refractivity contribution in [1.82, 2.24) is 20.8 Å². The number of sulfone groups is 1. The molecule has 1 atom stereocenters. The first-order chi connectivity index (χ1) is 13.9. The summed E-state index contributed by atoms with van der Waals surface area (Å²) >= 11 is 0.970. The van der Waals surface area contributed by atoms with Gasteiger partial charge in [-0.05, 0) is 24.6 Å². The van der Waals surface area contributed by atoms with E-state index in [9.17, 15) is 18.0 Å². The zero-order chi connectivity index (χ0) is 20.4. The van der Waals surface area contributed by atoms with Crippen LogP contribution in [0.15, 0.2) is 27.8 Å². The Morgan fingerprint density at radius 2 is 2.03 bits per heavy atom. The number of carbonyl (C=O) groups is 2. The number of hydrogen-bond donors (Lipinski definition) is 2. The highest BCUT2D eigenvalue weighted by molar-refractivity contribution is 7.99. The van der Waals surface area contributed by atoms with E-state index in [4.69, 9.17) is 13.9 Å². The van der Waals surface area contributed by atoms with Crippen LogP contribution < -0.4 is 20.1 Å². The van der Waals surface area contributed by atoms with Crippen molar-refractivity contribution >= 4 is 33.5 Å². The van der Waals surface area contributed by atoms with Gasteiger partial charge in [0.25, 0.3) is 5.22 Å². The molecule has 0 bridgehead atoms. The molecule has 2 aromatic rings. The molecule has 1 aromatic carbocycles. The Morgan fingerprint density at radius 1 is 1.21 bits per heavy atom. The molecule has 0 saturated carbocycles. The maximum absolute atomic E-state index is 11.9. The van der Waals surface area contributed by atoms with Crippen LogP contribution in [0.3, 0.4) is 0 Å². The number of imide groups is 1. The van der Waals surface area contributed by atoms with E-state index in [-0.39, 0.29) is 35.2 Å². The van der Waals surface area contributed by atoms with Crippen molar-refractivity contribution in [2.75, 3.05) is 24.1 Å². The summed E-state index contributed by atoms with van der Waals surface area (Å²) in [7, 11) is -3.11. The molecule has 1 fully saturated rings. The Kier molecular flexibility index (Phi) is 5.32. The molecule has 0 unspecified atom stereocenters. The van der Waals surface area contributed by atoms with Crippen LogP contribution in [0.1, 0.15) is 6.42 Å². The van der Waals surface area contributed by atoms with Gasteiger partial charge < -0.3 is 19.2 Å². The van der Waals surface area contributed by atoms with Crippen molar-refractivity contribution in [1.29, 1.82) is 0 Å². The summed E-state index contributed by atoms with van der Waals surface area (Å²) in [5, 5.41) is 12.6. The molecule has 2 N–H and O–H groups in total. The minimum Gasteiger partial charge on any atom is -0.454 e. The number of aromatic nitrogens is 2. The first-order valence-electron chi connectivity index (χ1n) is 8.55. The van der Waals surface area contributed by atoms with Crippen LogP contribution in [0.5, 0.6) is 11.5 Å². The lowest BCUT2D eigenvalue weighted by molar-refractivity contribution is -0.117. The van der Waals surface area contributed by atoms with Crippen LogP contribution in [-0.4, -0.2) is 60.6 Å². The van der Waals surface area contributed by atoms with Gasteiger partial charge in [-0.1, -0.05) is 11.8 Å². The molecule has 4 rings (SSSR count). The van der Waals surface area contributed by atoms with E-state index in [1.165, 1.54) is 0 Å². The molecule has 11 nitrogen and oxygen atoms in total. The Bertz CT molecular complexity index is 1050. The van der Waals surface area contributed by atoms with E-state index in [0.29, 0.717) is 23.5 Å². The molecule has 13 heteroatoms. The van der Waals surface area contributed by atoms with Crippen LogP contribution in [0.2, 0.25) is 0 Å². The Balaban J connectivity index is 1.26. The number of fused-ring (bicyclic) bond motifs is 1. The number of ether oxygens (including phenoxy) is 2. The maximum Gasteiger partial charge on any atom is 0.321 e. The van der Waals surface area contributed by atoms with Crippen molar-refractivity contribution in [2.24, 2.45) is 0 Å². The maximum atomic E-state index is 11.9. The predicted octanol–water partition coefficient (Wildman–Crippen LogP) is 0.570. The molecule has 29 heavy (non-hydrogen) atoms. The quantitative estimate of drug-likeness (QED) is 0.632. The second-order valence-corrected chi connectivity index (χ2v) is 9.51. The van der Waals surface area contributed by atoms with Gasteiger partial charge >= 0.3 is 6.03 Å². The fraction of sp³-hybridized carbons (Fsp3) is 0.375. The standard InChI is InChI=1S/C16H16N4O7S2/c21-13(18-15(22)17-10-3-4-29(23,24)7-10)6-28-16-20-19-14(27-16)9-1-2-11-12(5-9)26-8-25-11/h1-2,5,10H,3-4,6-8H2,(H2,17,18,21,22)/t10-/m0/s1. The van der Waals surface area contributed by atoms with Crippen LogP contribution in [0, 0.1) is 0 Å². The summed E-state index contributed by atoms with van der Waals surface area (Å²) in [6, 6.07) is 3.97. The minimum absolute atomic E-state index is 0.0324. The molecule has 3 amide bonds. The molecule has 0 aliphatic carbocycles. The monoisotopic (exact) mass is 440 g/mol. The molecule has 1 aromatic heterocycles. The predicted molar refractivity (Wildman–Crippen MR) is 100 cm³/mol. The first-order valence-corrected chi connectivity index (χ1v) is 11.4. The van der Waals surface area contributed by atoms with Crippen molar-refractivity contribution in [3.05, 3.63) is 18.2 Å². The van der Waals surface area contributed by atoms with Gasteiger partial charge in [0.2, 0.25) is 18.6 Å². The number of urea groups is 1. The van der Waals surface area contributed by atoms with Gasteiger partial charge in [-0.15, -0.1) is 10.2 Å². The van der Waals surface area contributed by atoms with Gasteiger partial charge in [0.1, 0.15) is 0 Å². The van der Waals surface area contributed by atoms with E-state index < -0.39 is 27.8 Å². The van der Waals surface area contributed by atoms with Crippen LogP contribution in [-0.2, 0) is 14.6 Å². The Labute approximate surface area is 169 Å². The van der Waals surface area contributed by atoms with Gasteiger partial charge in [-0.3, -0.25) is 10.1 Å². The van der Waals surface area contributed by atoms with E-state index >= 15 is 0 Å². The summed E-state index contributed by atoms with van der Waals surface area (Å²) in [6.07, 6.45) is 0.337. The van der Waals surface area contributed by atoms with Gasteiger partial charge in [-0.25, -0.2) is 13.2 Å². The number of nitrogens with zero attached hydrogens (tertiary/aromatic N) is 2. The van der Waals surface area contributed by atoms with E-state index in [1.807, 2.05) is 0 Å². The number of benzene rings is 1. The summed E-state index contributed by atoms with van der Waals surface area (Å²) in [5.41, 5.74) is 0.643. The topological polar surface area (TPSA) is 150 Å². The summed E-state index contributed by atoms with van der Waals surface area (Å²) in [6.45, 7) is 0.156. The number of carbonyl (C=O) groups excluding carboxylic acids is 2. The van der Waals surface area contributed by atoms with Gasteiger partial charge in [-0.2, -0.15) is 0 Å². The third kappa shape index (κ3) is 4.79. The molecule has 2 aliphatic rings. The van der Waals surface area contributed by atoms with E-state index in [0.717, 1.165) is 11.8 Å². The average Bonchev–Trinajstić information content (AvgIpc) is 3.38. The van der Waals surface area contributed by atoms with E-state index in [2.05, 4.69) is 20.8 Å². The van der Waals surface area contributed by atoms with Gasteiger partial charge in [0.15, 0.2) is 21.3 Å². The Morgan fingerprint density at radius 3 is 2.83 bits per heavy atom. The van der Waals surface area contributed by atoms with Crippen molar-refractivity contribution < 1.29 is 31.9 Å². The molecule has 2 aliphatic heterocycles. The average molecular weight is 440 g/mol. The normalized spacial score (nSPS) is 19.1. The van der Waals surface area contributed by atoms with E-state index in [1.54, 1.807) is 18.2 Å². The molecule has 0 spiro atoms. The highest BCUT2D eigenvalue weighted by atomic mass is 32.2. The van der Waals surface area contributed by atoms with Crippen molar-refractivity contribution in [2.45, 2.75) is 17.7 Å². The molecule has 154 valence electrons. The highest BCUT2D eigenvalue weighted by Gasteiger charge is 2.29. The fourth-order valence-electron chi connectivity index (χ4n) is 2.83. The molecule has 3 heterocycles. The lowest BCUT2D eigenvalue weighted by Gasteiger charge is -2.10. The van der Waals surface area contributed by atoms with Crippen molar-refractivity contribution in [3.8, 4) is 23.0 Å². The molecular weight excluding hydrogens is 424 g/mol. The number of rotatable bonds is 5. The van der Waals surface area contributed by atoms with Crippen molar-refractivity contribution in [3.63, 3.8) is 0 Å². The van der Waals surface area contributed by atoms with Crippen LogP contribution >= 0.6 is 11.8 Å². The number of thioether (sulfide) groups is 1. The lowest BCUT2D eigenvalue weighted by Crippen LogP contribution is -2.45.